The molecule has 0 bridgehead atoms. The highest BCUT2D eigenvalue weighted by Gasteiger charge is 2.29. The average Bonchev–Trinajstić information content (AvgIpc) is 2.95. The highest BCUT2D eigenvalue weighted by Crippen LogP contribution is 2.14. The average molecular weight is 394 g/mol. The molecule has 1 amide bonds. The van der Waals surface area contributed by atoms with Crippen molar-refractivity contribution in [3.63, 3.8) is 0 Å². The fourth-order valence-electron chi connectivity index (χ4n) is 2.83. The number of sulfone groups is 1. The summed E-state index contributed by atoms with van der Waals surface area (Å²) in [5.74, 6) is 0.461. The van der Waals surface area contributed by atoms with Crippen LogP contribution >= 0.6 is 11.6 Å². The van der Waals surface area contributed by atoms with Crippen molar-refractivity contribution >= 4 is 33.2 Å². The van der Waals surface area contributed by atoms with Crippen LogP contribution in [0.25, 0.3) is 0 Å². The van der Waals surface area contributed by atoms with Crippen molar-refractivity contribution in [1.29, 1.82) is 0 Å². The molecule has 2 N–H and O–H groups in total. The summed E-state index contributed by atoms with van der Waals surface area (Å²) >= 11 is 5.87. The molecular formula is C18H20ClN3O3S. The summed E-state index contributed by atoms with van der Waals surface area (Å²) in [7, 11) is -3.02. The number of carbonyl (C=O) groups is 1. The van der Waals surface area contributed by atoms with Gasteiger partial charge in [0.15, 0.2) is 9.84 Å². The summed E-state index contributed by atoms with van der Waals surface area (Å²) in [6.07, 6.45) is 2.82. The zero-order chi connectivity index (χ0) is 18.6. The van der Waals surface area contributed by atoms with Crippen LogP contribution in [0.2, 0.25) is 5.02 Å². The van der Waals surface area contributed by atoms with Gasteiger partial charge in [0.05, 0.1) is 11.5 Å². The molecular weight excluding hydrogens is 374 g/mol. The van der Waals surface area contributed by atoms with Crippen LogP contribution in [0.4, 0.5) is 5.82 Å². The number of hydrogen-bond donors (Lipinski definition) is 2. The van der Waals surface area contributed by atoms with E-state index in [1.54, 1.807) is 18.3 Å². The summed E-state index contributed by atoms with van der Waals surface area (Å²) in [4.78, 5) is 16.5. The second-order valence-corrected chi connectivity index (χ2v) is 8.97. The Bertz CT molecular complexity index is 885. The predicted molar refractivity (Wildman–Crippen MR) is 102 cm³/mol. The lowest BCUT2D eigenvalue weighted by molar-refractivity contribution is 0.0941. The van der Waals surface area contributed by atoms with Gasteiger partial charge in [-0.2, -0.15) is 0 Å². The molecule has 0 saturated carbocycles. The lowest BCUT2D eigenvalue weighted by atomic mass is 10.1. The van der Waals surface area contributed by atoms with E-state index < -0.39 is 9.84 Å². The van der Waals surface area contributed by atoms with Gasteiger partial charge in [-0.1, -0.05) is 23.7 Å². The lowest BCUT2D eigenvalue weighted by Crippen LogP contribution is -2.35. The number of amides is 1. The van der Waals surface area contributed by atoms with Gasteiger partial charge in [0.2, 0.25) is 0 Å². The molecule has 1 fully saturated rings. The van der Waals surface area contributed by atoms with Gasteiger partial charge < -0.3 is 10.6 Å². The van der Waals surface area contributed by atoms with Gasteiger partial charge in [0.25, 0.3) is 5.91 Å². The van der Waals surface area contributed by atoms with E-state index >= 15 is 0 Å². The Morgan fingerprint density at radius 3 is 2.69 bits per heavy atom. The maximum atomic E-state index is 12.3. The molecule has 0 radical (unpaired) electrons. The molecule has 1 aromatic heterocycles. The van der Waals surface area contributed by atoms with Crippen molar-refractivity contribution in [1.82, 2.24) is 10.3 Å². The van der Waals surface area contributed by atoms with E-state index in [2.05, 4.69) is 15.6 Å². The van der Waals surface area contributed by atoms with E-state index in [4.69, 9.17) is 11.6 Å². The quantitative estimate of drug-likeness (QED) is 0.786. The fraction of sp³-hybridized carbons (Fsp3) is 0.333. The second-order valence-electron chi connectivity index (χ2n) is 6.31. The topological polar surface area (TPSA) is 88.2 Å². The van der Waals surface area contributed by atoms with Crippen LogP contribution in [-0.2, 0) is 16.3 Å². The molecule has 0 spiro atoms. The van der Waals surface area contributed by atoms with E-state index in [1.807, 2.05) is 24.3 Å². The van der Waals surface area contributed by atoms with Crippen molar-refractivity contribution < 1.29 is 13.2 Å². The normalized spacial score (nSPS) is 18.4. The zero-order valence-corrected chi connectivity index (χ0v) is 15.7. The molecule has 26 heavy (non-hydrogen) atoms. The summed E-state index contributed by atoms with van der Waals surface area (Å²) in [6, 6.07) is 10.6. The number of nitrogens with zero attached hydrogens (tertiary/aromatic N) is 1. The van der Waals surface area contributed by atoms with Gasteiger partial charge in [0, 0.05) is 29.4 Å². The van der Waals surface area contributed by atoms with Crippen LogP contribution in [0, 0.1) is 0 Å². The van der Waals surface area contributed by atoms with Gasteiger partial charge in [0.1, 0.15) is 5.82 Å². The number of aromatic nitrogens is 1. The third-order valence-electron chi connectivity index (χ3n) is 4.22. The fourth-order valence-corrected chi connectivity index (χ4v) is 4.63. The smallest absolute Gasteiger partial charge is 0.251 e. The first-order chi connectivity index (χ1) is 12.4. The minimum absolute atomic E-state index is 0.00994. The van der Waals surface area contributed by atoms with Crippen LogP contribution in [0.1, 0.15) is 22.3 Å². The first kappa shape index (κ1) is 18.7. The summed E-state index contributed by atoms with van der Waals surface area (Å²) in [5, 5.41) is 6.67. The van der Waals surface area contributed by atoms with E-state index in [0.717, 1.165) is 12.0 Å². The number of pyridine rings is 1. The molecule has 6 nitrogen and oxygen atoms in total. The monoisotopic (exact) mass is 393 g/mol. The van der Waals surface area contributed by atoms with E-state index in [0.29, 0.717) is 29.4 Å². The molecule has 1 atom stereocenters. The van der Waals surface area contributed by atoms with Crippen molar-refractivity contribution in [3.8, 4) is 0 Å². The number of rotatable bonds is 6. The number of carbonyl (C=O) groups excluding carboxylic acids is 1. The maximum absolute atomic E-state index is 12.3. The van der Waals surface area contributed by atoms with Crippen molar-refractivity contribution in [2.75, 3.05) is 23.4 Å². The molecule has 1 aliphatic heterocycles. The Morgan fingerprint density at radius 2 is 2.00 bits per heavy atom. The molecule has 8 heteroatoms. The number of nitrogens with one attached hydrogen (secondary N) is 2. The van der Waals surface area contributed by atoms with Crippen molar-refractivity contribution in [2.24, 2.45) is 0 Å². The molecule has 1 unspecified atom stereocenters. The second kappa shape index (κ2) is 8.05. The summed E-state index contributed by atoms with van der Waals surface area (Å²) in [5.41, 5.74) is 1.61. The highest BCUT2D eigenvalue weighted by atomic mass is 35.5. The SMILES string of the molecule is O=C(NC1CCS(=O)(=O)C1)c1ccnc(NCCc2ccc(Cl)cc2)c1. The molecule has 2 heterocycles. The lowest BCUT2D eigenvalue weighted by Gasteiger charge is -2.12. The molecule has 2 aromatic rings. The Kier molecular flexibility index (Phi) is 5.78. The molecule has 0 aliphatic carbocycles. The minimum atomic E-state index is -3.02. The van der Waals surface area contributed by atoms with Gasteiger partial charge >= 0.3 is 0 Å². The number of benzene rings is 1. The van der Waals surface area contributed by atoms with Gasteiger partial charge in [-0.3, -0.25) is 4.79 Å². The number of anilines is 1. The Hall–Kier alpha value is -2.12. The third kappa shape index (κ3) is 5.19. The Balaban J connectivity index is 1.54. The first-order valence-electron chi connectivity index (χ1n) is 8.37. The van der Waals surface area contributed by atoms with E-state index in [9.17, 15) is 13.2 Å². The molecule has 1 aliphatic rings. The van der Waals surface area contributed by atoms with Gasteiger partial charge in [-0.05, 0) is 42.7 Å². The third-order valence-corrected chi connectivity index (χ3v) is 6.24. The zero-order valence-electron chi connectivity index (χ0n) is 14.1. The van der Waals surface area contributed by atoms with Crippen LogP contribution in [0.15, 0.2) is 42.6 Å². The standard InChI is InChI=1S/C18H20ClN3O3S/c19-15-3-1-13(2-4-15)5-8-20-17-11-14(6-9-21-17)18(23)22-16-7-10-26(24,25)12-16/h1-4,6,9,11,16H,5,7-8,10,12H2,(H,20,21)(H,22,23). The van der Waals surface area contributed by atoms with Crippen molar-refractivity contribution in [3.05, 3.63) is 58.7 Å². The Labute approximate surface area is 157 Å². The Morgan fingerprint density at radius 1 is 1.23 bits per heavy atom. The summed E-state index contributed by atoms with van der Waals surface area (Å²) < 4.78 is 23.0. The van der Waals surface area contributed by atoms with Crippen LogP contribution in [-0.4, -0.2) is 43.4 Å². The number of hydrogen-bond acceptors (Lipinski definition) is 5. The highest BCUT2D eigenvalue weighted by molar-refractivity contribution is 7.91. The van der Waals surface area contributed by atoms with Gasteiger partial charge in [-0.15, -0.1) is 0 Å². The van der Waals surface area contributed by atoms with E-state index in [-0.39, 0.29) is 23.5 Å². The molecule has 138 valence electrons. The van der Waals surface area contributed by atoms with Crippen LogP contribution < -0.4 is 10.6 Å². The first-order valence-corrected chi connectivity index (χ1v) is 10.6. The largest absolute Gasteiger partial charge is 0.370 e. The van der Waals surface area contributed by atoms with Crippen molar-refractivity contribution in [2.45, 2.75) is 18.9 Å². The molecule has 3 rings (SSSR count). The van der Waals surface area contributed by atoms with Gasteiger partial charge in [-0.25, -0.2) is 13.4 Å². The summed E-state index contributed by atoms with van der Waals surface area (Å²) in [6.45, 7) is 0.667. The predicted octanol–water partition coefficient (Wildman–Crippen LogP) is 2.31. The number of halogens is 1. The maximum Gasteiger partial charge on any atom is 0.251 e. The minimum Gasteiger partial charge on any atom is -0.370 e. The van der Waals surface area contributed by atoms with E-state index in [1.165, 1.54) is 0 Å². The molecule has 1 aromatic carbocycles. The molecule has 1 saturated heterocycles. The van der Waals surface area contributed by atoms with Crippen LogP contribution in [0.5, 0.6) is 0 Å². The van der Waals surface area contributed by atoms with Crippen LogP contribution in [0.3, 0.4) is 0 Å².